The normalized spacial score (nSPS) is 15.6. The first-order valence-corrected chi connectivity index (χ1v) is 9.59. The van der Waals surface area contributed by atoms with E-state index in [1.165, 1.54) is 28.4 Å². The van der Waals surface area contributed by atoms with Gasteiger partial charge in [0, 0.05) is 32.4 Å². The number of carbonyl (C=O) groups is 2. The Balaban J connectivity index is 2.07. The van der Waals surface area contributed by atoms with Gasteiger partial charge in [0.25, 0.3) is 0 Å². The monoisotopic (exact) mass is 369 g/mol. The molecule has 1 fully saturated rings. The highest BCUT2D eigenvalue weighted by molar-refractivity contribution is 7.89. The van der Waals surface area contributed by atoms with Gasteiger partial charge in [-0.05, 0) is 31.0 Å². The molecule has 9 heteroatoms. The molecule has 0 aliphatic carbocycles. The summed E-state index contributed by atoms with van der Waals surface area (Å²) in [5.41, 5.74) is 0.352. The molecule has 2 amide bonds. The van der Waals surface area contributed by atoms with Crippen molar-refractivity contribution >= 4 is 27.7 Å². The van der Waals surface area contributed by atoms with E-state index in [1.807, 2.05) is 0 Å². The minimum atomic E-state index is -3.57. The molecule has 0 atom stereocenters. The van der Waals surface area contributed by atoms with E-state index in [4.69, 9.17) is 5.11 Å². The molecule has 1 saturated heterocycles. The van der Waals surface area contributed by atoms with Crippen LogP contribution in [0.4, 0.5) is 10.5 Å². The summed E-state index contributed by atoms with van der Waals surface area (Å²) in [5, 5.41) is 11.2. The molecule has 2 rings (SSSR count). The van der Waals surface area contributed by atoms with Crippen molar-refractivity contribution in [2.24, 2.45) is 0 Å². The van der Waals surface area contributed by atoms with Crippen LogP contribution in [-0.4, -0.2) is 61.4 Å². The van der Waals surface area contributed by atoms with Gasteiger partial charge >= 0.3 is 12.0 Å². The summed E-state index contributed by atoms with van der Waals surface area (Å²) in [4.78, 5) is 24.0. The highest BCUT2D eigenvalue weighted by atomic mass is 32.2. The smallest absolute Gasteiger partial charge is 0.321 e. The van der Waals surface area contributed by atoms with Crippen molar-refractivity contribution in [2.75, 3.05) is 32.0 Å². The first-order chi connectivity index (χ1) is 11.8. The molecule has 0 radical (unpaired) electrons. The number of nitrogens with zero attached hydrogens (tertiary/aromatic N) is 2. The van der Waals surface area contributed by atoms with Crippen molar-refractivity contribution in [1.29, 1.82) is 0 Å². The van der Waals surface area contributed by atoms with Gasteiger partial charge in [0.15, 0.2) is 0 Å². The van der Waals surface area contributed by atoms with E-state index in [2.05, 4.69) is 5.32 Å². The molecule has 0 saturated carbocycles. The van der Waals surface area contributed by atoms with Crippen LogP contribution in [0.2, 0.25) is 0 Å². The Morgan fingerprint density at radius 3 is 2.56 bits per heavy atom. The van der Waals surface area contributed by atoms with Gasteiger partial charge in [-0.15, -0.1) is 0 Å². The molecule has 25 heavy (non-hydrogen) atoms. The van der Waals surface area contributed by atoms with Gasteiger partial charge in [0.05, 0.1) is 11.3 Å². The largest absolute Gasteiger partial charge is 0.481 e. The molecule has 1 aliphatic heterocycles. The number of carboxylic acid groups (broad SMARTS) is 1. The van der Waals surface area contributed by atoms with Crippen LogP contribution in [0.3, 0.4) is 0 Å². The van der Waals surface area contributed by atoms with E-state index >= 15 is 0 Å². The molecule has 0 bridgehead atoms. The number of aliphatic carboxylic acids is 1. The van der Waals surface area contributed by atoms with Crippen LogP contribution in [0.5, 0.6) is 0 Å². The summed E-state index contributed by atoms with van der Waals surface area (Å²) < 4.78 is 26.8. The van der Waals surface area contributed by atoms with Crippen LogP contribution in [-0.2, 0) is 14.8 Å². The number of hydrogen-bond acceptors (Lipinski definition) is 4. The standard InChI is InChI=1S/C16H23N3O5S/c1-18(11-8-15(20)21)16(22)17-13-6-5-7-14(12-13)25(23,24)19-9-3-2-4-10-19/h5-7,12H,2-4,8-11H2,1H3,(H,17,22)(H,20,21). The van der Waals surface area contributed by atoms with E-state index < -0.39 is 22.0 Å². The Kier molecular flexibility index (Phi) is 6.38. The first-order valence-electron chi connectivity index (χ1n) is 8.15. The Morgan fingerprint density at radius 1 is 1.24 bits per heavy atom. The maximum atomic E-state index is 12.7. The zero-order valence-corrected chi connectivity index (χ0v) is 15.0. The average molecular weight is 369 g/mol. The fraction of sp³-hybridized carbons (Fsp3) is 0.500. The topological polar surface area (TPSA) is 107 Å². The highest BCUT2D eigenvalue weighted by Gasteiger charge is 2.26. The number of carbonyl (C=O) groups excluding carboxylic acids is 1. The molecule has 0 unspecified atom stereocenters. The number of benzene rings is 1. The summed E-state index contributed by atoms with van der Waals surface area (Å²) in [6.45, 7) is 1.08. The number of hydrogen-bond donors (Lipinski definition) is 2. The number of urea groups is 1. The molecule has 8 nitrogen and oxygen atoms in total. The number of carboxylic acids is 1. The van der Waals surface area contributed by atoms with E-state index in [0.29, 0.717) is 18.8 Å². The lowest BCUT2D eigenvalue weighted by atomic mass is 10.2. The average Bonchev–Trinajstić information content (AvgIpc) is 2.60. The Labute approximate surface area is 147 Å². The van der Waals surface area contributed by atoms with Gasteiger partial charge in [0.2, 0.25) is 10.0 Å². The maximum absolute atomic E-state index is 12.7. The minimum absolute atomic E-state index is 0.0624. The quantitative estimate of drug-likeness (QED) is 0.795. The van der Waals surface area contributed by atoms with Crippen molar-refractivity contribution in [2.45, 2.75) is 30.6 Å². The number of rotatable bonds is 6. The number of anilines is 1. The lowest BCUT2D eigenvalue weighted by molar-refractivity contribution is -0.137. The second kappa shape index (κ2) is 8.30. The lowest BCUT2D eigenvalue weighted by Gasteiger charge is -2.26. The highest BCUT2D eigenvalue weighted by Crippen LogP contribution is 2.23. The van der Waals surface area contributed by atoms with E-state index in [-0.39, 0.29) is 17.9 Å². The van der Waals surface area contributed by atoms with Crippen molar-refractivity contribution < 1.29 is 23.1 Å². The second-order valence-corrected chi connectivity index (χ2v) is 7.93. The Morgan fingerprint density at radius 2 is 1.92 bits per heavy atom. The first kappa shape index (κ1) is 19.2. The molecule has 138 valence electrons. The van der Waals surface area contributed by atoms with Gasteiger partial charge in [0.1, 0.15) is 0 Å². The zero-order valence-electron chi connectivity index (χ0n) is 14.1. The van der Waals surface area contributed by atoms with Crippen LogP contribution in [0.25, 0.3) is 0 Å². The fourth-order valence-corrected chi connectivity index (χ4v) is 4.14. The predicted molar refractivity (Wildman–Crippen MR) is 93.0 cm³/mol. The molecule has 2 N–H and O–H groups in total. The van der Waals surface area contributed by atoms with Crippen molar-refractivity contribution in [1.82, 2.24) is 9.21 Å². The number of amides is 2. The van der Waals surface area contributed by atoms with Crippen molar-refractivity contribution in [3.8, 4) is 0 Å². The van der Waals surface area contributed by atoms with Gasteiger partial charge in [-0.1, -0.05) is 12.5 Å². The summed E-state index contributed by atoms with van der Waals surface area (Å²) in [5.74, 6) is -0.991. The summed E-state index contributed by atoms with van der Waals surface area (Å²) in [6, 6.07) is 5.61. The van der Waals surface area contributed by atoms with Crippen LogP contribution in [0.1, 0.15) is 25.7 Å². The number of piperidine rings is 1. The van der Waals surface area contributed by atoms with Gasteiger partial charge in [-0.25, -0.2) is 13.2 Å². The third-order valence-corrected chi connectivity index (χ3v) is 5.94. The maximum Gasteiger partial charge on any atom is 0.321 e. The molecule has 1 aliphatic rings. The van der Waals surface area contributed by atoms with E-state index in [1.54, 1.807) is 12.1 Å². The zero-order chi connectivity index (χ0) is 18.4. The van der Waals surface area contributed by atoms with Crippen LogP contribution >= 0.6 is 0 Å². The third kappa shape index (κ3) is 5.17. The van der Waals surface area contributed by atoms with Crippen molar-refractivity contribution in [3.05, 3.63) is 24.3 Å². The Hall–Kier alpha value is -2.13. The lowest BCUT2D eigenvalue weighted by Crippen LogP contribution is -2.35. The summed E-state index contributed by atoms with van der Waals surface area (Å²) in [6.07, 6.45) is 2.58. The van der Waals surface area contributed by atoms with E-state index in [0.717, 1.165) is 19.3 Å². The summed E-state index contributed by atoms with van der Waals surface area (Å²) in [7, 11) is -2.09. The van der Waals surface area contributed by atoms with E-state index in [9.17, 15) is 18.0 Å². The molecular formula is C16H23N3O5S. The second-order valence-electron chi connectivity index (χ2n) is 5.99. The summed E-state index contributed by atoms with van der Waals surface area (Å²) >= 11 is 0. The molecule has 0 spiro atoms. The minimum Gasteiger partial charge on any atom is -0.481 e. The predicted octanol–water partition coefficient (Wildman–Crippen LogP) is 1.80. The molecular weight excluding hydrogens is 346 g/mol. The third-order valence-electron chi connectivity index (χ3n) is 4.05. The van der Waals surface area contributed by atoms with Crippen LogP contribution in [0, 0.1) is 0 Å². The van der Waals surface area contributed by atoms with Crippen LogP contribution in [0.15, 0.2) is 29.2 Å². The van der Waals surface area contributed by atoms with Crippen molar-refractivity contribution in [3.63, 3.8) is 0 Å². The fourth-order valence-electron chi connectivity index (χ4n) is 2.57. The molecule has 1 aromatic carbocycles. The molecule has 1 aromatic rings. The molecule has 1 heterocycles. The Bertz CT molecular complexity index is 729. The van der Waals surface area contributed by atoms with Gasteiger partial charge in [-0.3, -0.25) is 4.79 Å². The number of sulfonamides is 1. The van der Waals surface area contributed by atoms with Crippen LogP contribution < -0.4 is 5.32 Å². The molecule has 0 aromatic heterocycles. The van der Waals surface area contributed by atoms with Gasteiger partial charge < -0.3 is 15.3 Å². The number of nitrogens with one attached hydrogen (secondary N) is 1. The SMILES string of the molecule is CN(CCC(=O)O)C(=O)Nc1cccc(S(=O)(=O)N2CCCCC2)c1. The van der Waals surface area contributed by atoms with Gasteiger partial charge in [-0.2, -0.15) is 4.31 Å².